The average molecular weight is 299 g/mol. The fourth-order valence-electron chi connectivity index (χ4n) is 1.87. The maximum Gasteiger partial charge on any atom is 0.0998 e. The summed E-state index contributed by atoms with van der Waals surface area (Å²) in [6, 6.07) is 17.9. The molecule has 98 valence electrons. The molecule has 20 heavy (non-hydrogen) atoms. The van der Waals surface area contributed by atoms with Crippen molar-refractivity contribution in [3.63, 3.8) is 0 Å². The largest absolute Gasteiger partial charge is 0.256 e. The summed E-state index contributed by atoms with van der Waals surface area (Å²) < 4.78 is 1.15. The second kappa shape index (κ2) is 5.99. The van der Waals surface area contributed by atoms with Crippen LogP contribution in [-0.4, -0.2) is 9.97 Å². The van der Waals surface area contributed by atoms with Gasteiger partial charge in [-0.15, -0.1) is 11.3 Å². The monoisotopic (exact) mass is 298 g/mol. The Morgan fingerprint density at radius 1 is 0.850 bits per heavy atom. The van der Waals surface area contributed by atoms with Crippen molar-refractivity contribution in [2.75, 3.05) is 0 Å². The molecule has 0 aliphatic heterocycles. The number of hydrogen-bond donors (Lipinski definition) is 0. The summed E-state index contributed by atoms with van der Waals surface area (Å²) in [5, 5.41) is 1.93. The SMILES string of the molecule is Clc1cccc2scnc12.c1ccc2ncccc2c1. The number of thiazole rings is 1. The molecule has 4 heteroatoms. The van der Waals surface area contributed by atoms with Crippen LogP contribution in [0, 0.1) is 0 Å². The highest BCUT2D eigenvalue weighted by atomic mass is 35.5. The van der Waals surface area contributed by atoms with Crippen molar-refractivity contribution in [1.82, 2.24) is 9.97 Å². The molecule has 2 aromatic carbocycles. The van der Waals surface area contributed by atoms with Crippen molar-refractivity contribution >= 4 is 44.1 Å². The molecule has 0 N–H and O–H groups in total. The topological polar surface area (TPSA) is 25.8 Å². The van der Waals surface area contributed by atoms with Crippen LogP contribution >= 0.6 is 22.9 Å². The summed E-state index contributed by atoms with van der Waals surface area (Å²) in [5.41, 5.74) is 3.77. The Balaban J connectivity index is 0.000000121. The van der Waals surface area contributed by atoms with Crippen LogP contribution in [0.25, 0.3) is 21.1 Å². The van der Waals surface area contributed by atoms with Crippen LogP contribution in [0.5, 0.6) is 0 Å². The van der Waals surface area contributed by atoms with E-state index in [1.807, 2.05) is 48.7 Å². The van der Waals surface area contributed by atoms with E-state index in [0.717, 1.165) is 20.8 Å². The van der Waals surface area contributed by atoms with Crippen LogP contribution in [0.2, 0.25) is 5.02 Å². The van der Waals surface area contributed by atoms with Gasteiger partial charge >= 0.3 is 0 Å². The van der Waals surface area contributed by atoms with E-state index < -0.39 is 0 Å². The van der Waals surface area contributed by atoms with E-state index in [9.17, 15) is 0 Å². The molecule has 4 rings (SSSR count). The molecule has 2 heterocycles. The van der Waals surface area contributed by atoms with Gasteiger partial charge in [0.15, 0.2) is 0 Å². The summed E-state index contributed by atoms with van der Waals surface area (Å²) in [6.45, 7) is 0. The molecule has 0 unspecified atom stereocenters. The van der Waals surface area contributed by atoms with Crippen molar-refractivity contribution < 1.29 is 0 Å². The molecule has 0 radical (unpaired) electrons. The third-order valence-corrected chi connectivity index (χ3v) is 3.92. The lowest BCUT2D eigenvalue weighted by Crippen LogP contribution is -1.73. The quantitative estimate of drug-likeness (QED) is 0.447. The first kappa shape index (κ1) is 13.0. The molecular formula is C16H11ClN2S. The second-order valence-electron chi connectivity index (χ2n) is 4.14. The minimum Gasteiger partial charge on any atom is -0.256 e. The van der Waals surface area contributed by atoms with E-state index in [4.69, 9.17) is 11.6 Å². The molecule has 0 amide bonds. The van der Waals surface area contributed by atoms with Gasteiger partial charge in [0.25, 0.3) is 0 Å². The Hall–Kier alpha value is -1.97. The third kappa shape index (κ3) is 2.79. The van der Waals surface area contributed by atoms with Gasteiger partial charge in [0.05, 0.1) is 26.3 Å². The summed E-state index contributed by atoms with van der Waals surface area (Å²) >= 11 is 7.45. The van der Waals surface area contributed by atoms with Gasteiger partial charge in [-0.2, -0.15) is 0 Å². The van der Waals surface area contributed by atoms with E-state index in [-0.39, 0.29) is 0 Å². The first-order valence-electron chi connectivity index (χ1n) is 6.12. The van der Waals surface area contributed by atoms with E-state index in [2.05, 4.69) is 22.1 Å². The Kier molecular flexibility index (Phi) is 3.90. The maximum atomic E-state index is 5.84. The van der Waals surface area contributed by atoms with Gasteiger partial charge < -0.3 is 0 Å². The molecule has 0 fully saturated rings. The normalized spacial score (nSPS) is 10.2. The Morgan fingerprint density at radius 2 is 1.70 bits per heavy atom. The highest BCUT2D eigenvalue weighted by Gasteiger charge is 1.98. The van der Waals surface area contributed by atoms with Crippen molar-refractivity contribution in [3.8, 4) is 0 Å². The number of hydrogen-bond acceptors (Lipinski definition) is 3. The van der Waals surface area contributed by atoms with Crippen LogP contribution < -0.4 is 0 Å². The third-order valence-electron chi connectivity index (χ3n) is 2.82. The molecule has 0 saturated carbocycles. The lowest BCUT2D eigenvalue weighted by molar-refractivity contribution is 1.41. The van der Waals surface area contributed by atoms with Crippen molar-refractivity contribution in [1.29, 1.82) is 0 Å². The Morgan fingerprint density at radius 3 is 2.55 bits per heavy atom. The van der Waals surface area contributed by atoms with Crippen molar-refractivity contribution in [2.24, 2.45) is 0 Å². The number of rotatable bonds is 0. The fraction of sp³-hybridized carbons (Fsp3) is 0. The van der Waals surface area contributed by atoms with Crippen LogP contribution in [0.1, 0.15) is 0 Å². The average Bonchev–Trinajstić information content (AvgIpc) is 2.98. The van der Waals surface area contributed by atoms with Crippen LogP contribution in [-0.2, 0) is 0 Å². The highest BCUT2D eigenvalue weighted by Crippen LogP contribution is 2.24. The second-order valence-corrected chi connectivity index (χ2v) is 5.43. The molecule has 0 atom stereocenters. The maximum absolute atomic E-state index is 5.84. The van der Waals surface area contributed by atoms with Gasteiger partial charge in [-0.05, 0) is 24.3 Å². The first-order valence-corrected chi connectivity index (χ1v) is 7.38. The van der Waals surface area contributed by atoms with Gasteiger partial charge in [-0.3, -0.25) is 4.98 Å². The lowest BCUT2D eigenvalue weighted by Gasteiger charge is -1.91. The van der Waals surface area contributed by atoms with Crippen molar-refractivity contribution in [2.45, 2.75) is 0 Å². The summed E-state index contributed by atoms with van der Waals surface area (Å²) in [4.78, 5) is 8.29. The van der Waals surface area contributed by atoms with Gasteiger partial charge in [0.1, 0.15) is 0 Å². The number of aromatic nitrogens is 2. The molecule has 0 aliphatic carbocycles. The smallest absolute Gasteiger partial charge is 0.0998 e. The zero-order chi connectivity index (χ0) is 13.8. The summed E-state index contributed by atoms with van der Waals surface area (Å²) in [6.07, 6.45) is 1.81. The van der Waals surface area contributed by atoms with Gasteiger partial charge in [0, 0.05) is 11.6 Å². The number of halogens is 1. The minimum atomic E-state index is 0.735. The molecule has 0 saturated heterocycles. The molecule has 2 nitrogen and oxygen atoms in total. The van der Waals surface area contributed by atoms with Crippen molar-refractivity contribution in [3.05, 3.63) is 71.3 Å². The van der Waals surface area contributed by atoms with E-state index in [1.165, 1.54) is 5.39 Å². The summed E-state index contributed by atoms with van der Waals surface area (Å²) in [5.74, 6) is 0. The number of para-hydroxylation sites is 2. The molecule has 2 aromatic heterocycles. The first-order chi connectivity index (χ1) is 9.84. The molecule has 0 bridgehead atoms. The number of fused-ring (bicyclic) bond motifs is 2. The summed E-state index contributed by atoms with van der Waals surface area (Å²) in [7, 11) is 0. The van der Waals surface area contributed by atoms with Gasteiger partial charge in [-0.1, -0.05) is 41.9 Å². The molecular weight excluding hydrogens is 288 g/mol. The van der Waals surface area contributed by atoms with Gasteiger partial charge in [-0.25, -0.2) is 4.98 Å². The predicted molar refractivity (Wildman–Crippen MR) is 86.4 cm³/mol. The van der Waals surface area contributed by atoms with Crippen LogP contribution in [0.15, 0.2) is 66.3 Å². The van der Waals surface area contributed by atoms with Gasteiger partial charge in [0.2, 0.25) is 0 Å². The van der Waals surface area contributed by atoms with E-state index in [1.54, 1.807) is 16.8 Å². The number of benzene rings is 2. The van der Waals surface area contributed by atoms with E-state index >= 15 is 0 Å². The number of pyridine rings is 1. The standard InChI is InChI=1S/C9H7N.C7H4ClNS/c1-2-6-9-8(4-1)5-3-7-10-9;8-5-2-1-3-6-7(5)9-4-10-6/h1-7H;1-4H. The predicted octanol–water partition coefficient (Wildman–Crippen LogP) is 5.18. The molecule has 0 aliphatic rings. The van der Waals surface area contributed by atoms with E-state index in [0.29, 0.717) is 0 Å². The molecule has 4 aromatic rings. The van der Waals surface area contributed by atoms with Crippen LogP contribution in [0.4, 0.5) is 0 Å². The zero-order valence-electron chi connectivity index (χ0n) is 10.5. The number of nitrogens with zero attached hydrogens (tertiary/aromatic N) is 2. The zero-order valence-corrected chi connectivity index (χ0v) is 12.1. The Bertz CT molecular complexity index is 776. The molecule has 0 spiro atoms. The Labute approximate surface area is 125 Å². The lowest BCUT2D eigenvalue weighted by atomic mass is 10.2. The fourth-order valence-corrected chi connectivity index (χ4v) is 2.85. The minimum absolute atomic E-state index is 0.735. The van der Waals surface area contributed by atoms with Crippen LogP contribution in [0.3, 0.4) is 0 Å². The highest BCUT2D eigenvalue weighted by molar-refractivity contribution is 7.16.